The molecular weight excluding hydrogens is 380 g/mol. The van der Waals surface area contributed by atoms with Crippen LogP contribution in [0.15, 0.2) is 48.5 Å². The fourth-order valence-corrected chi connectivity index (χ4v) is 2.29. The second-order valence-electron chi connectivity index (χ2n) is 5.39. The van der Waals surface area contributed by atoms with Crippen LogP contribution in [-0.2, 0) is 0 Å². The van der Waals surface area contributed by atoms with Gasteiger partial charge in [-0.3, -0.25) is 9.59 Å². The van der Waals surface area contributed by atoms with E-state index in [4.69, 9.17) is 0 Å². The smallest absolute Gasteiger partial charge is 0.397 e. The number of hydrogen-bond acceptors (Lipinski definition) is 3. The number of para-hydroxylation sites is 2. The van der Waals surface area contributed by atoms with Gasteiger partial charge >= 0.3 is 12.4 Å². The van der Waals surface area contributed by atoms with E-state index in [1.165, 1.54) is 12.1 Å². The molecule has 0 radical (unpaired) electrons. The Bertz CT molecular complexity index is 813. The van der Waals surface area contributed by atoms with Gasteiger partial charge in [-0.1, -0.05) is 24.3 Å². The average Bonchev–Trinajstić information content (AvgIpc) is 2.77. The lowest BCUT2D eigenvalue weighted by Crippen LogP contribution is -2.29. The molecule has 0 saturated heterocycles. The predicted molar refractivity (Wildman–Crippen MR) is 82.4 cm³/mol. The van der Waals surface area contributed by atoms with Crippen molar-refractivity contribution in [2.75, 3.05) is 4.90 Å². The lowest BCUT2D eigenvalue weighted by atomic mass is 10.1. The number of carbonyl (C=O) groups is 2. The van der Waals surface area contributed by atoms with Crippen molar-refractivity contribution in [2.45, 2.75) is 18.8 Å². The lowest BCUT2D eigenvalue weighted by molar-refractivity contribution is -0.232. The third-order valence-corrected chi connectivity index (χ3v) is 3.32. The third kappa shape index (κ3) is 4.99. The number of anilines is 1. The van der Waals surface area contributed by atoms with E-state index in [9.17, 15) is 41.0 Å². The molecule has 0 saturated carbocycles. The summed E-state index contributed by atoms with van der Waals surface area (Å²) in [6.07, 6.45) is -13.0. The summed E-state index contributed by atoms with van der Waals surface area (Å²) in [5.41, 5.74) is 0.945. The predicted octanol–water partition coefficient (Wildman–Crippen LogP) is 4.69. The van der Waals surface area contributed by atoms with Crippen molar-refractivity contribution in [1.82, 2.24) is 0 Å². The summed E-state index contributed by atoms with van der Waals surface area (Å²) in [7, 11) is 0. The molecule has 3 rings (SSSR count). The van der Waals surface area contributed by atoms with Gasteiger partial charge in [-0.15, -0.1) is 0 Å². The first-order chi connectivity index (χ1) is 12.4. The van der Waals surface area contributed by atoms with E-state index in [-0.39, 0.29) is 11.4 Å². The van der Waals surface area contributed by atoms with Crippen molar-refractivity contribution in [3.8, 4) is 5.75 Å². The number of rotatable bonds is 1. The van der Waals surface area contributed by atoms with E-state index in [0.717, 1.165) is 4.90 Å². The monoisotopic (exact) mass is 391 g/mol. The van der Waals surface area contributed by atoms with Crippen molar-refractivity contribution in [3.05, 3.63) is 59.7 Å². The van der Waals surface area contributed by atoms with Gasteiger partial charge in [0.25, 0.3) is 11.8 Å². The Morgan fingerprint density at radius 1 is 0.741 bits per heavy atom. The van der Waals surface area contributed by atoms with Gasteiger partial charge < -0.3 is 5.11 Å². The SMILES string of the molecule is FC(F)(F)CC(F)(F)F.O=C1c2ccccc2C(=O)N1c1ccccc1O. The highest BCUT2D eigenvalue weighted by molar-refractivity contribution is 6.34. The zero-order valence-electron chi connectivity index (χ0n) is 13.3. The second kappa shape index (κ2) is 7.29. The van der Waals surface area contributed by atoms with Crippen LogP contribution in [-0.4, -0.2) is 29.3 Å². The Labute approximate surface area is 148 Å². The van der Waals surface area contributed by atoms with Crippen molar-refractivity contribution < 1.29 is 41.0 Å². The molecule has 2 aromatic rings. The molecule has 0 fully saturated rings. The molecule has 0 atom stereocenters. The summed E-state index contributed by atoms with van der Waals surface area (Å²) < 4.78 is 65.0. The molecule has 1 N–H and O–H groups in total. The van der Waals surface area contributed by atoms with Crippen LogP contribution in [0, 0.1) is 0 Å². The van der Waals surface area contributed by atoms with Crippen molar-refractivity contribution in [2.24, 2.45) is 0 Å². The van der Waals surface area contributed by atoms with Gasteiger partial charge in [0.2, 0.25) is 0 Å². The minimum Gasteiger partial charge on any atom is -0.506 e. The fourth-order valence-electron chi connectivity index (χ4n) is 2.29. The molecule has 0 bridgehead atoms. The van der Waals surface area contributed by atoms with Crippen LogP contribution in [0.25, 0.3) is 0 Å². The quantitative estimate of drug-likeness (QED) is 0.567. The van der Waals surface area contributed by atoms with Gasteiger partial charge in [0.1, 0.15) is 12.2 Å². The highest BCUT2D eigenvalue weighted by Crippen LogP contribution is 2.34. The van der Waals surface area contributed by atoms with Gasteiger partial charge in [0.05, 0.1) is 16.8 Å². The van der Waals surface area contributed by atoms with Crippen LogP contribution in [0.5, 0.6) is 5.75 Å². The average molecular weight is 391 g/mol. The number of aromatic hydroxyl groups is 1. The molecule has 144 valence electrons. The number of imide groups is 1. The van der Waals surface area contributed by atoms with Crippen molar-refractivity contribution in [3.63, 3.8) is 0 Å². The zero-order valence-corrected chi connectivity index (χ0v) is 13.3. The van der Waals surface area contributed by atoms with Crippen LogP contribution in [0.4, 0.5) is 32.0 Å². The minimum absolute atomic E-state index is 0.0907. The Hall–Kier alpha value is -3.04. The van der Waals surface area contributed by atoms with E-state index < -0.39 is 30.6 Å². The first-order valence-corrected chi connectivity index (χ1v) is 7.30. The number of halogens is 6. The van der Waals surface area contributed by atoms with Gasteiger partial charge in [-0.05, 0) is 24.3 Å². The van der Waals surface area contributed by atoms with Gasteiger partial charge in [0.15, 0.2) is 0 Å². The molecule has 0 unspecified atom stereocenters. The first kappa shape index (κ1) is 20.3. The summed E-state index contributed by atoms with van der Waals surface area (Å²) in [5.74, 6) is -0.902. The molecule has 1 aliphatic rings. The number of amides is 2. The highest BCUT2D eigenvalue weighted by Gasteiger charge is 2.43. The largest absolute Gasteiger partial charge is 0.506 e. The number of fused-ring (bicyclic) bond motifs is 1. The molecule has 2 aromatic carbocycles. The number of benzene rings is 2. The molecule has 27 heavy (non-hydrogen) atoms. The highest BCUT2D eigenvalue weighted by atomic mass is 19.4. The summed E-state index contributed by atoms with van der Waals surface area (Å²) in [6.45, 7) is 0. The normalized spacial score (nSPS) is 13.9. The maximum Gasteiger partial charge on any atom is 0.397 e. The maximum absolute atomic E-state index is 12.2. The number of hydrogen-bond donors (Lipinski definition) is 1. The second-order valence-corrected chi connectivity index (χ2v) is 5.39. The van der Waals surface area contributed by atoms with E-state index >= 15 is 0 Å². The van der Waals surface area contributed by atoms with E-state index in [2.05, 4.69) is 0 Å². The van der Waals surface area contributed by atoms with Crippen molar-refractivity contribution in [1.29, 1.82) is 0 Å². The molecule has 10 heteroatoms. The summed E-state index contributed by atoms with van der Waals surface area (Å²) in [6, 6.07) is 12.9. The van der Waals surface area contributed by atoms with E-state index in [1.54, 1.807) is 36.4 Å². The Kier molecular flexibility index (Phi) is 5.48. The number of phenols is 1. The molecular formula is C17H11F6NO3. The number of nitrogens with zero attached hydrogens (tertiary/aromatic N) is 1. The van der Waals surface area contributed by atoms with Crippen LogP contribution in [0.3, 0.4) is 0 Å². The lowest BCUT2D eigenvalue weighted by Gasteiger charge is -2.14. The topological polar surface area (TPSA) is 57.6 Å². The van der Waals surface area contributed by atoms with Crippen molar-refractivity contribution >= 4 is 17.5 Å². The standard InChI is InChI=1S/C14H9NO3.C3H2F6/c16-12-8-4-3-7-11(12)15-13(17)9-5-1-2-6-10(9)14(15)18;4-2(5,6)1-3(7,8)9/h1-8,16H;1H2. The number of alkyl halides is 6. The fraction of sp³-hybridized carbons (Fsp3) is 0.176. The summed E-state index contributed by atoms with van der Waals surface area (Å²) >= 11 is 0. The van der Waals surface area contributed by atoms with Crippen LogP contribution < -0.4 is 4.90 Å². The van der Waals surface area contributed by atoms with Gasteiger partial charge in [-0.2, -0.15) is 26.3 Å². The molecule has 0 spiro atoms. The van der Waals surface area contributed by atoms with Crippen LogP contribution in [0.2, 0.25) is 0 Å². The summed E-state index contributed by atoms with van der Waals surface area (Å²) in [5, 5.41) is 9.74. The molecule has 0 aliphatic carbocycles. The summed E-state index contributed by atoms with van der Waals surface area (Å²) in [4.78, 5) is 25.3. The first-order valence-electron chi connectivity index (χ1n) is 7.30. The van der Waals surface area contributed by atoms with Crippen LogP contribution >= 0.6 is 0 Å². The number of carbonyl (C=O) groups excluding carboxylic acids is 2. The molecule has 0 aromatic heterocycles. The van der Waals surface area contributed by atoms with Gasteiger partial charge in [-0.25, -0.2) is 4.90 Å². The Morgan fingerprint density at radius 3 is 1.52 bits per heavy atom. The maximum atomic E-state index is 12.2. The molecule has 4 nitrogen and oxygen atoms in total. The zero-order chi connectivity index (χ0) is 20.4. The Morgan fingerprint density at radius 2 is 1.15 bits per heavy atom. The number of phenolic OH excluding ortho intramolecular Hbond substituents is 1. The molecule has 1 aliphatic heterocycles. The van der Waals surface area contributed by atoms with E-state index in [0.29, 0.717) is 11.1 Å². The molecule has 1 heterocycles. The van der Waals surface area contributed by atoms with E-state index in [1.807, 2.05) is 0 Å². The Balaban J connectivity index is 0.000000249. The minimum atomic E-state index is -5.14. The third-order valence-electron chi connectivity index (χ3n) is 3.32. The van der Waals surface area contributed by atoms with Crippen LogP contribution in [0.1, 0.15) is 27.1 Å². The molecule has 2 amide bonds. The van der Waals surface area contributed by atoms with Gasteiger partial charge in [0, 0.05) is 0 Å².